The number of aliphatic hydroxyl groups excluding tert-OH is 1. The highest BCUT2D eigenvalue weighted by atomic mass is 16.5. The molecule has 1 amide bonds. The Hall–Kier alpha value is -3.80. The van der Waals surface area contributed by atoms with Gasteiger partial charge >= 0.3 is 0 Å². The number of aliphatic hydroxyl groups is 1. The van der Waals surface area contributed by atoms with Crippen molar-refractivity contribution in [2.75, 3.05) is 7.11 Å². The first-order valence-electron chi connectivity index (χ1n) is 12.1. The summed E-state index contributed by atoms with van der Waals surface area (Å²) < 4.78 is 11.0. The van der Waals surface area contributed by atoms with Gasteiger partial charge < -0.3 is 19.2 Å². The van der Waals surface area contributed by atoms with Crippen LogP contribution in [0.15, 0.2) is 70.9 Å². The van der Waals surface area contributed by atoms with E-state index in [-0.39, 0.29) is 23.3 Å². The first kappa shape index (κ1) is 25.3. The molecule has 1 atom stereocenters. The van der Waals surface area contributed by atoms with Crippen LogP contribution in [-0.2, 0) is 21.5 Å². The monoisotopic (exact) mass is 487 g/mol. The summed E-state index contributed by atoms with van der Waals surface area (Å²) in [4.78, 5) is 28.1. The quantitative estimate of drug-likeness (QED) is 0.250. The van der Waals surface area contributed by atoms with Crippen LogP contribution in [-0.4, -0.2) is 28.8 Å². The molecule has 1 fully saturated rings. The first-order chi connectivity index (χ1) is 17.0. The number of carbonyl (C=O) groups is 2. The molecule has 1 saturated heterocycles. The molecule has 1 aliphatic rings. The summed E-state index contributed by atoms with van der Waals surface area (Å²) in [6, 6.07) is 15.9. The van der Waals surface area contributed by atoms with Crippen molar-refractivity contribution in [1.82, 2.24) is 4.90 Å². The summed E-state index contributed by atoms with van der Waals surface area (Å²) in [7, 11) is 1.60. The Morgan fingerprint density at radius 3 is 2.33 bits per heavy atom. The van der Waals surface area contributed by atoms with Crippen LogP contribution < -0.4 is 4.74 Å². The summed E-state index contributed by atoms with van der Waals surface area (Å²) in [6.07, 6.45) is 1.53. The topological polar surface area (TPSA) is 80.0 Å². The molecular formula is C30H33NO5. The Balaban J connectivity index is 1.88. The molecule has 0 spiro atoms. The molecule has 4 rings (SSSR count). The van der Waals surface area contributed by atoms with E-state index in [0.717, 1.165) is 16.7 Å². The molecule has 36 heavy (non-hydrogen) atoms. The molecule has 0 saturated carbocycles. The lowest BCUT2D eigenvalue weighted by Gasteiger charge is -2.25. The van der Waals surface area contributed by atoms with Gasteiger partial charge in [-0.25, -0.2) is 0 Å². The van der Waals surface area contributed by atoms with Crippen LogP contribution >= 0.6 is 0 Å². The minimum Gasteiger partial charge on any atom is -0.507 e. The highest BCUT2D eigenvalue weighted by molar-refractivity contribution is 6.46. The Kier molecular flexibility index (Phi) is 6.81. The zero-order valence-electron chi connectivity index (χ0n) is 21.7. The molecular weight excluding hydrogens is 454 g/mol. The van der Waals surface area contributed by atoms with E-state index >= 15 is 0 Å². The summed E-state index contributed by atoms with van der Waals surface area (Å²) in [5, 5.41) is 11.5. The Labute approximate surface area is 212 Å². The zero-order valence-corrected chi connectivity index (χ0v) is 21.7. The number of amides is 1. The highest BCUT2D eigenvalue weighted by Gasteiger charge is 2.46. The van der Waals surface area contributed by atoms with Gasteiger partial charge in [0.1, 0.15) is 17.3 Å². The van der Waals surface area contributed by atoms with Gasteiger partial charge in [-0.3, -0.25) is 9.59 Å². The third-order valence-electron chi connectivity index (χ3n) is 6.65. The summed E-state index contributed by atoms with van der Waals surface area (Å²) in [5.41, 5.74) is 3.04. The number of hydrogen-bond donors (Lipinski definition) is 1. The lowest BCUT2D eigenvalue weighted by molar-refractivity contribution is -0.140. The Morgan fingerprint density at radius 2 is 1.78 bits per heavy atom. The van der Waals surface area contributed by atoms with E-state index in [0.29, 0.717) is 23.0 Å². The van der Waals surface area contributed by atoms with Gasteiger partial charge in [-0.1, -0.05) is 58.9 Å². The number of ether oxygens (including phenoxy) is 1. The van der Waals surface area contributed by atoms with Crippen molar-refractivity contribution in [1.29, 1.82) is 0 Å². The first-order valence-corrected chi connectivity index (χ1v) is 12.1. The zero-order chi connectivity index (χ0) is 26.2. The molecule has 1 N–H and O–H groups in total. The van der Waals surface area contributed by atoms with Gasteiger partial charge in [0.15, 0.2) is 0 Å². The molecule has 1 aliphatic heterocycles. The number of carbonyl (C=O) groups excluding carboxylic acids is 2. The van der Waals surface area contributed by atoms with Crippen LogP contribution in [0.4, 0.5) is 0 Å². The summed E-state index contributed by atoms with van der Waals surface area (Å²) >= 11 is 0. The van der Waals surface area contributed by atoms with Crippen LogP contribution in [0, 0.1) is 0 Å². The van der Waals surface area contributed by atoms with Crippen LogP contribution in [0.5, 0.6) is 5.75 Å². The molecule has 2 heterocycles. The number of nitrogens with zero attached hydrogens (tertiary/aromatic N) is 1. The van der Waals surface area contributed by atoms with E-state index in [1.54, 1.807) is 31.4 Å². The average Bonchev–Trinajstić information content (AvgIpc) is 3.45. The van der Waals surface area contributed by atoms with Gasteiger partial charge in [0.05, 0.1) is 31.5 Å². The highest BCUT2D eigenvalue weighted by Crippen LogP contribution is 2.42. The van der Waals surface area contributed by atoms with E-state index < -0.39 is 17.7 Å². The number of furan rings is 1. The number of methoxy groups -OCH3 is 1. The van der Waals surface area contributed by atoms with Crippen molar-refractivity contribution in [3.8, 4) is 5.75 Å². The van der Waals surface area contributed by atoms with Crippen LogP contribution in [0.2, 0.25) is 0 Å². The van der Waals surface area contributed by atoms with E-state index in [1.165, 1.54) is 11.2 Å². The van der Waals surface area contributed by atoms with Gasteiger partial charge in [-0.2, -0.15) is 0 Å². The molecule has 0 radical (unpaired) electrons. The van der Waals surface area contributed by atoms with Crippen molar-refractivity contribution < 1.29 is 23.8 Å². The number of likely N-dealkylation sites (tertiary alicyclic amines) is 1. The molecule has 1 unspecified atom stereocenters. The van der Waals surface area contributed by atoms with Crippen LogP contribution in [0.25, 0.3) is 5.76 Å². The molecule has 1 aromatic heterocycles. The lowest BCUT2D eigenvalue weighted by Crippen LogP contribution is -2.29. The predicted octanol–water partition coefficient (Wildman–Crippen LogP) is 6.33. The van der Waals surface area contributed by atoms with Crippen molar-refractivity contribution in [2.24, 2.45) is 0 Å². The van der Waals surface area contributed by atoms with E-state index in [1.807, 2.05) is 51.1 Å². The van der Waals surface area contributed by atoms with Crippen molar-refractivity contribution in [2.45, 2.75) is 58.5 Å². The normalized spacial score (nSPS) is 17.8. The third-order valence-corrected chi connectivity index (χ3v) is 6.65. The van der Waals surface area contributed by atoms with Gasteiger partial charge in [-0.05, 0) is 52.8 Å². The lowest BCUT2D eigenvalue weighted by atomic mass is 9.84. The smallest absolute Gasteiger partial charge is 0.296 e. The second-order valence-corrected chi connectivity index (χ2v) is 10.5. The number of benzene rings is 2. The Bertz CT molecular complexity index is 1290. The fourth-order valence-corrected chi connectivity index (χ4v) is 4.62. The maximum atomic E-state index is 13.4. The van der Waals surface area contributed by atoms with Crippen molar-refractivity contribution in [3.63, 3.8) is 0 Å². The molecule has 6 nitrogen and oxygen atoms in total. The van der Waals surface area contributed by atoms with Crippen molar-refractivity contribution in [3.05, 3.63) is 94.4 Å². The minimum atomic E-state index is -0.753. The molecule has 188 valence electrons. The third kappa shape index (κ3) is 4.68. The predicted molar refractivity (Wildman–Crippen MR) is 139 cm³/mol. The van der Waals surface area contributed by atoms with Crippen molar-refractivity contribution >= 4 is 17.4 Å². The van der Waals surface area contributed by atoms with E-state index in [4.69, 9.17) is 9.15 Å². The van der Waals surface area contributed by atoms with Gasteiger partial charge in [0.25, 0.3) is 11.7 Å². The summed E-state index contributed by atoms with van der Waals surface area (Å²) in [5.74, 6) is -0.0103. The van der Waals surface area contributed by atoms with Gasteiger partial charge in [-0.15, -0.1) is 0 Å². The van der Waals surface area contributed by atoms with Gasteiger partial charge in [0, 0.05) is 11.1 Å². The maximum absolute atomic E-state index is 13.4. The van der Waals surface area contributed by atoms with Crippen LogP contribution in [0.3, 0.4) is 0 Å². The number of ketones is 1. The second kappa shape index (κ2) is 9.69. The molecule has 2 aromatic carbocycles. The molecule has 3 aromatic rings. The fourth-order valence-electron chi connectivity index (χ4n) is 4.62. The number of hydrogen-bond acceptors (Lipinski definition) is 5. The number of Topliss-reactive ketones (excluding diaryl/α,β-unsaturated/α-hetero) is 1. The minimum absolute atomic E-state index is 0.0638. The summed E-state index contributed by atoms with van der Waals surface area (Å²) in [6.45, 7) is 10.5. The SMILES string of the molecule is COc1ccc(/C(O)=C2/C(=O)C(=O)N(Cc3ccco3)C2c2ccc(C(C)C)cc2)cc1C(C)(C)C. The fraction of sp³-hybridized carbons (Fsp3) is 0.333. The standard InChI is InChI=1S/C30H33NO5/c1-18(2)19-9-11-20(12-10-19)26-25(28(33)29(34)31(26)17-22-8-7-15-36-22)27(32)21-13-14-24(35-6)23(16-21)30(3,4)5/h7-16,18,26,32H,17H2,1-6H3/b27-25-. The second-order valence-electron chi connectivity index (χ2n) is 10.5. The molecule has 0 aliphatic carbocycles. The average molecular weight is 488 g/mol. The van der Waals surface area contributed by atoms with Crippen LogP contribution in [0.1, 0.15) is 74.6 Å². The number of rotatable bonds is 6. The van der Waals surface area contributed by atoms with E-state index in [9.17, 15) is 14.7 Å². The maximum Gasteiger partial charge on any atom is 0.296 e. The molecule has 6 heteroatoms. The van der Waals surface area contributed by atoms with Gasteiger partial charge in [0.2, 0.25) is 0 Å². The van der Waals surface area contributed by atoms with E-state index in [2.05, 4.69) is 13.8 Å². The molecule has 0 bridgehead atoms. The largest absolute Gasteiger partial charge is 0.507 e. The Morgan fingerprint density at radius 1 is 1.08 bits per heavy atom.